The van der Waals surface area contributed by atoms with Crippen molar-refractivity contribution >= 4 is 0 Å². The molecule has 92 valence electrons. The molecule has 0 radical (unpaired) electrons. The summed E-state index contributed by atoms with van der Waals surface area (Å²) in [7, 11) is 0. The first-order valence-electron chi connectivity index (χ1n) is 6.03. The molecule has 1 unspecified atom stereocenters. The summed E-state index contributed by atoms with van der Waals surface area (Å²) in [6.07, 6.45) is 1.09. The molecule has 1 rings (SSSR count). The Labute approximate surface area is 98.3 Å². The smallest absolute Gasteiger partial charge is 0.136 e. The third-order valence-electron chi connectivity index (χ3n) is 2.73. The Bertz CT molecular complexity index is 319. The lowest BCUT2D eigenvalue weighted by Gasteiger charge is -2.21. The minimum absolute atomic E-state index is 0.113. The number of phenolic OH excluding ortho intramolecular Hbond substituents is 1. The molecule has 1 N–H and O–H groups in total. The molecule has 0 heterocycles. The fourth-order valence-corrected chi connectivity index (χ4v) is 1.49. The van der Waals surface area contributed by atoms with Gasteiger partial charge in [-0.25, -0.2) is 4.39 Å². The van der Waals surface area contributed by atoms with Gasteiger partial charge in [0, 0.05) is 5.56 Å². The Morgan fingerprint density at radius 2 is 1.81 bits per heavy atom. The average molecular weight is 226 g/mol. The molecule has 2 heteroatoms. The number of benzene rings is 1. The van der Waals surface area contributed by atoms with E-state index in [4.69, 9.17) is 0 Å². The summed E-state index contributed by atoms with van der Waals surface area (Å²) in [5, 5.41) is 9.82. The van der Waals surface area contributed by atoms with E-state index in [1.807, 2.05) is 26.8 Å². The molecule has 0 aromatic heterocycles. The van der Waals surface area contributed by atoms with Gasteiger partial charge in [-0.05, 0) is 25.3 Å². The van der Waals surface area contributed by atoms with E-state index in [2.05, 4.69) is 0 Å². The van der Waals surface area contributed by atoms with Gasteiger partial charge < -0.3 is 5.11 Å². The zero-order valence-corrected chi connectivity index (χ0v) is 11.0. The highest BCUT2D eigenvalue weighted by Gasteiger charge is 2.27. The summed E-state index contributed by atoms with van der Waals surface area (Å²) >= 11 is 0. The maximum absolute atomic E-state index is 14.0. The van der Waals surface area contributed by atoms with Gasteiger partial charge in [0.15, 0.2) is 0 Å². The maximum Gasteiger partial charge on any atom is 0.136 e. The zero-order valence-electron chi connectivity index (χ0n) is 11.0. The van der Waals surface area contributed by atoms with Crippen LogP contribution in [0.25, 0.3) is 0 Å². The van der Waals surface area contributed by atoms with Gasteiger partial charge in [-0.1, -0.05) is 45.9 Å². The molecule has 0 fully saturated rings. The van der Waals surface area contributed by atoms with E-state index in [9.17, 15) is 9.50 Å². The van der Waals surface area contributed by atoms with Crippen molar-refractivity contribution in [3.8, 4) is 5.75 Å². The second kappa shape index (κ2) is 6.51. The van der Waals surface area contributed by atoms with Crippen LogP contribution in [0.1, 0.15) is 52.2 Å². The summed E-state index contributed by atoms with van der Waals surface area (Å²) < 4.78 is 14.0. The van der Waals surface area contributed by atoms with E-state index in [0.717, 1.165) is 12.0 Å². The highest BCUT2D eigenvalue weighted by Crippen LogP contribution is 2.37. The first-order chi connectivity index (χ1) is 7.53. The molecule has 0 aliphatic carbocycles. The number of hydrogen-bond donors (Lipinski definition) is 1. The van der Waals surface area contributed by atoms with Crippen LogP contribution in [-0.2, 0) is 12.1 Å². The van der Waals surface area contributed by atoms with Gasteiger partial charge in [0.05, 0.1) is 0 Å². The number of rotatable bonds is 3. The topological polar surface area (TPSA) is 20.2 Å². The number of para-hydroxylation sites is 1. The van der Waals surface area contributed by atoms with Gasteiger partial charge in [-0.3, -0.25) is 0 Å². The number of hydrogen-bond acceptors (Lipinski definition) is 1. The first kappa shape index (κ1) is 14.9. The normalized spacial score (nSPS) is 13.6. The van der Waals surface area contributed by atoms with Crippen molar-refractivity contribution in [3.05, 3.63) is 29.3 Å². The van der Waals surface area contributed by atoms with Crippen LogP contribution in [0.4, 0.5) is 4.39 Å². The Balaban J connectivity index is 0.00000106. The molecular formula is C14H23FO. The highest BCUT2D eigenvalue weighted by atomic mass is 19.1. The number of phenols is 1. The van der Waals surface area contributed by atoms with Crippen LogP contribution in [0, 0.1) is 0 Å². The third-order valence-corrected chi connectivity index (χ3v) is 2.73. The fraction of sp³-hybridized carbons (Fsp3) is 0.571. The third kappa shape index (κ3) is 3.22. The lowest BCUT2D eigenvalue weighted by atomic mass is 9.92. The molecule has 1 aromatic carbocycles. The van der Waals surface area contributed by atoms with Crippen LogP contribution in [0.15, 0.2) is 18.2 Å². The first-order valence-corrected chi connectivity index (χ1v) is 6.03. The monoisotopic (exact) mass is 226 g/mol. The SMILES string of the molecule is CC.CCc1cccc(C(C)(F)CC)c1O. The van der Waals surface area contributed by atoms with Crippen LogP contribution in [-0.4, -0.2) is 5.11 Å². The molecule has 0 saturated heterocycles. The second-order valence-electron chi connectivity index (χ2n) is 3.72. The van der Waals surface area contributed by atoms with Gasteiger partial charge in [0.25, 0.3) is 0 Å². The van der Waals surface area contributed by atoms with Crippen LogP contribution in [0.5, 0.6) is 5.75 Å². The molecule has 0 aliphatic heterocycles. The van der Waals surface area contributed by atoms with E-state index >= 15 is 0 Å². The van der Waals surface area contributed by atoms with Crippen molar-refractivity contribution < 1.29 is 9.50 Å². The van der Waals surface area contributed by atoms with Crippen molar-refractivity contribution in [2.24, 2.45) is 0 Å². The molecule has 0 aliphatic rings. The van der Waals surface area contributed by atoms with Crippen molar-refractivity contribution in [3.63, 3.8) is 0 Å². The number of alkyl halides is 1. The van der Waals surface area contributed by atoms with Gasteiger partial charge in [-0.15, -0.1) is 0 Å². The van der Waals surface area contributed by atoms with E-state index in [0.29, 0.717) is 12.0 Å². The lowest BCUT2D eigenvalue weighted by molar-refractivity contribution is 0.179. The Morgan fingerprint density at radius 1 is 1.25 bits per heavy atom. The van der Waals surface area contributed by atoms with Crippen LogP contribution in [0.3, 0.4) is 0 Å². The van der Waals surface area contributed by atoms with Crippen LogP contribution < -0.4 is 0 Å². The number of aryl methyl sites for hydroxylation is 1. The minimum Gasteiger partial charge on any atom is -0.507 e. The zero-order chi connectivity index (χ0) is 12.8. The molecular weight excluding hydrogens is 203 g/mol. The predicted molar refractivity (Wildman–Crippen MR) is 67.6 cm³/mol. The minimum atomic E-state index is -1.44. The van der Waals surface area contributed by atoms with Crippen LogP contribution >= 0.6 is 0 Å². The summed E-state index contributed by atoms with van der Waals surface area (Å²) in [5.41, 5.74) is -0.228. The molecule has 0 spiro atoms. The molecule has 1 aromatic rings. The van der Waals surface area contributed by atoms with Gasteiger partial charge in [0.1, 0.15) is 11.4 Å². The molecule has 1 atom stereocenters. The van der Waals surface area contributed by atoms with Gasteiger partial charge in [0.2, 0.25) is 0 Å². The summed E-state index contributed by atoms with van der Waals surface area (Å²) in [4.78, 5) is 0. The van der Waals surface area contributed by atoms with E-state index in [1.54, 1.807) is 19.1 Å². The van der Waals surface area contributed by atoms with Crippen molar-refractivity contribution in [1.29, 1.82) is 0 Å². The number of halogens is 1. The van der Waals surface area contributed by atoms with E-state index in [1.165, 1.54) is 6.92 Å². The Kier molecular flexibility index (Phi) is 6.09. The number of aromatic hydroxyl groups is 1. The fourth-order valence-electron chi connectivity index (χ4n) is 1.49. The summed E-state index contributed by atoms with van der Waals surface area (Å²) in [6.45, 7) is 9.22. The largest absolute Gasteiger partial charge is 0.507 e. The van der Waals surface area contributed by atoms with Crippen molar-refractivity contribution in [2.45, 2.75) is 53.1 Å². The Morgan fingerprint density at radius 3 is 2.25 bits per heavy atom. The molecule has 0 amide bonds. The second-order valence-corrected chi connectivity index (χ2v) is 3.72. The standard InChI is InChI=1S/C12H17FO.C2H6/c1-4-9-7-6-8-10(11(9)14)12(3,13)5-2;1-2/h6-8,14H,4-5H2,1-3H3;1-2H3. The van der Waals surface area contributed by atoms with E-state index < -0.39 is 5.67 Å². The quantitative estimate of drug-likeness (QED) is 0.800. The van der Waals surface area contributed by atoms with E-state index in [-0.39, 0.29) is 5.75 Å². The molecule has 16 heavy (non-hydrogen) atoms. The van der Waals surface area contributed by atoms with Gasteiger partial charge >= 0.3 is 0 Å². The molecule has 1 nitrogen and oxygen atoms in total. The lowest BCUT2D eigenvalue weighted by Crippen LogP contribution is -2.14. The van der Waals surface area contributed by atoms with Crippen molar-refractivity contribution in [1.82, 2.24) is 0 Å². The van der Waals surface area contributed by atoms with Crippen LogP contribution in [0.2, 0.25) is 0 Å². The van der Waals surface area contributed by atoms with Gasteiger partial charge in [-0.2, -0.15) is 0 Å². The summed E-state index contributed by atoms with van der Waals surface area (Å²) in [6, 6.07) is 5.27. The average Bonchev–Trinajstić information content (AvgIpc) is 2.31. The Hall–Kier alpha value is -1.05. The highest BCUT2D eigenvalue weighted by molar-refractivity contribution is 5.43. The maximum atomic E-state index is 14.0. The predicted octanol–water partition coefficient (Wildman–Crippen LogP) is 4.58. The summed E-state index contributed by atoms with van der Waals surface area (Å²) in [5.74, 6) is 0.113. The van der Waals surface area contributed by atoms with Crippen molar-refractivity contribution in [2.75, 3.05) is 0 Å². The molecule has 0 saturated carbocycles. The molecule has 0 bridgehead atoms.